The molecule has 13 nitrogen and oxygen atoms in total. The molecule has 0 aromatic heterocycles. The number of allylic oxidation sites excluding steroid dienone is 1. The van der Waals surface area contributed by atoms with Gasteiger partial charge in [0, 0.05) is 16.7 Å². The lowest BCUT2D eigenvalue weighted by Crippen LogP contribution is -2.67. The van der Waals surface area contributed by atoms with Crippen molar-refractivity contribution in [2.45, 2.75) is 151 Å². The van der Waals surface area contributed by atoms with Crippen molar-refractivity contribution >= 4 is 5.78 Å². The summed E-state index contributed by atoms with van der Waals surface area (Å²) in [6, 6.07) is 0. The normalized spacial score (nSPS) is 49.8. The first-order valence-corrected chi connectivity index (χ1v) is 16.6. The molecule has 16 atom stereocenters. The number of fused-ring (bicyclic) bond motifs is 5. The van der Waals surface area contributed by atoms with Crippen molar-refractivity contribution in [2.75, 3.05) is 6.61 Å². The highest BCUT2D eigenvalue weighted by Gasteiger charge is 2.70. The quantitative estimate of drug-likeness (QED) is 0.145. The molecule has 13 heteroatoms. The molecule has 0 amide bonds. The van der Waals surface area contributed by atoms with Gasteiger partial charge in [-0.2, -0.15) is 0 Å². The molecule has 5 rings (SSSR count). The molecule has 0 radical (unpaired) electrons. The van der Waals surface area contributed by atoms with Crippen molar-refractivity contribution in [3.05, 3.63) is 11.6 Å². The van der Waals surface area contributed by atoms with Crippen molar-refractivity contribution in [2.24, 2.45) is 28.6 Å². The summed E-state index contributed by atoms with van der Waals surface area (Å²) >= 11 is 0. The van der Waals surface area contributed by atoms with Crippen LogP contribution in [-0.2, 0) is 14.3 Å². The summed E-state index contributed by atoms with van der Waals surface area (Å²) in [5.41, 5.74) is -6.14. The predicted octanol–water partition coefficient (Wildman–Crippen LogP) is -1.35. The van der Waals surface area contributed by atoms with E-state index in [9.17, 15) is 55.9 Å². The van der Waals surface area contributed by atoms with Crippen LogP contribution < -0.4 is 0 Å². The van der Waals surface area contributed by atoms with E-state index in [-0.39, 0.29) is 31.5 Å². The second kappa shape index (κ2) is 12.1. The smallest absolute Gasteiger partial charge is 0.187 e. The van der Waals surface area contributed by atoms with Gasteiger partial charge >= 0.3 is 0 Å². The zero-order chi connectivity index (χ0) is 34.4. The molecule has 16 unspecified atom stereocenters. The van der Waals surface area contributed by atoms with Gasteiger partial charge in [0.25, 0.3) is 0 Å². The van der Waals surface area contributed by atoms with Gasteiger partial charge in [-0.3, -0.25) is 4.79 Å². The van der Waals surface area contributed by atoms with Gasteiger partial charge in [-0.1, -0.05) is 13.8 Å². The Hall–Kier alpha value is -1.07. The molecular weight excluding hydrogens is 604 g/mol. The minimum Gasteiger partial charge on any atom is -0.394 e. The Morgan fingerprint density at radius 3 is 2.22 bits per heavy atom. The molecule has 1 saturated heterocycles. The molecule has 4 aliphatic carbocycles. The summed E-state index contributed by atoms with van der Waals surface area (Å²) in [4.78, 5) is 13.6. The molecule has 1 aliphatic heterocycles. The van der Waals surface area contributed by atoms with Gasteiger partial charge in [0.15, 0.2) is 12.1 Å². The summed E-state index contributed by atoms with van der Waals surface area (Å²) in [6.45, 7) is 7.68. The van der Waals surface area contributed by atoms with Crippen molar-refractivity contribution in [3.63, 3.8) is 0 Å². The monoisotopic (exact) mass is 658 g/mol. The number of ketones is 1. The minimum absolute atomic E-state index is 0.000943. The maximum absolute atomic E-state index is 13.6. The molecule has 0 bridgehead atoms. The van der Waals surface area contributed by atoms with Gasteiger partial charge in [0.2, 0.25) is 0 Å². The van der Waals surface area contributed by atoms with Crippen molar-refractivity contribution in [1.82, 2.24) is 0 Å². The molecule has 10 N–H and O–H groups in total. The Kier molecular flexibility index (Phi) is 9.50. The Morgan fingerprint density at radius 1 is 0.957 bits per heavy atom. The average Bonchev–Trinajstić information content (AvgIpc) is 3.26. The van der Waals surface area contributed by atoms with Gasteiger partial charge in [-0.25, -0.2) is 0 Å². The molecule has 0 spiro atoms. The SMILES string of the molecule is CC(C)(O)CCC(OC1OC(CO)C(O)C(O)C1O)C(C)(O)C1CCC2(O)C3=CC(=O)C4CC(O)C(O)C(O)C4(C)C3CCC12C. The number of carbonyl (C=O) groups is 1. The number of rotatable bonds is 8. The maximum atomic E-state index is 13.6. The fraction of sp³-hybridized carbons (Fsp3) is 0.909. The lowest BCUT2D eigenvalue weighted by molar-refractivity contribution is -0.328. The second-order valence-corrected chi connectivity index (χ2v) is 16.0. The largest absolute Gasteiger partial charge is 0.394 e. The number of hydrogen-bond acceptors (Lipinski definition) is 13. The number of ether oxygens (including phenoxy) is 2. The van der Waals surface area contributed by atoms with E-state index in [0.717, 1.165) is 0 Å². The molecule has 3 saturated carbocycles. The van der Waals surface area contributed by atoms with Crippen LogP contribution >= 0.6 is 0 Å². The highest BCUT2D eigenvalue weighted by Crippen LogP contribution is 2.68. The molecule has 0 aromatic carbocycles. The first-order chi connectivity index (χ1) is 21.1. The molecule has 0 aromatic rings. The summed E-state index contributed by atoms with van der Waals surface area (Å²) in [5, 5.41) is 109. The van der Waals surface area contributed by atoms with E-state index in [2.05, 4.69) is 0 Å². The average molecular weight is 659 g/mol. The van der Waals surface area contributed by atoms with Crippen molar-refractivity contribution in [3.8, 4) is 0 Å². The highest BCUT2D eigenvalue weighted by atomic mass is 16.7. The van der Waals surface area contributed by atoms with Crippen molar-refractivity contribution < 1.29 is 65.3 Å². The fourth-order valence-corrected chi connectivity index (χ4v) is 9.89. The van der Waals surface area contributed by atoms with Crippen LogP contribution in [0.4, 0.5) is 0 Å². The fourth-order valence-electron chi connectivity index (χ4n) is 9.89. The first-order valence-electron chi connectivity index (χ1n) is 16.6. The van der Waals surface area contributed by atoms with E-state index in [1.807, 2.05) is 6.92 Å². The Bertz CT molecular complexity index is 1180. The summed E-state index contributed by atoms with van der Waals surface area (Å²) in [6.07, 6.45) is -10.0. The Labute approximate surface area is 269 Å². The van der Waals surface area contributed by atoms with Gasteiger partial charge in [-0.15, -0.1) is 0 Å². The van der Waals surface area contributed by atoms with Crippen LogP contribution in [0, 0.1) is 28.6 Å². The van der Waals surface area contributed by atoms with E-state index in [0.29, 0.717) is 24.8 Å². The maximum Gasteiger partial charge on any atom is 0.187 e. The Balaban J connectivity index is 1.48. The lowest BCUT2D eigenvalue weighted by Gasteiger charge is -2.62. The van der Waals surface area contributed by atoms with Gasteiger partial charge < -0.3 is 60.5 Å². The van der Waals surface area contributed by atoms with E-state index in [4.69, 9.17) is 9.47 Å². The number of hydrogen-bond donors (Lipinski definition) is 10. The van der Waals surface area contributed by atoms with Crippen LogP contribution in [0.25, 0.3) is 0 Å². The first kappa shape index (κ1) is 36.2. The van der Waals surface area contributed by atoms with E-state index >= 15 is 0 Å². The molecule has 4 fully saturated rings. The van der Waals surface area contributed by atoms with Crippen molar-refractivity contribution in [1.29, 1.82) is 0 Å². The van der Waals surface area contributed by atoms with Crippen LogP contribution in [0.1, 0.15) is 79.6 Å². The van der Waals surface area contributed by atoms with Gasteiger partial charge in [0.05, 0.1) is 41.7 Å². The van der Waals surface area contributed by atoms with Crippen LogP contribution in [0.5, 0.6) is 0 Å². The van der Waals surface area contributed by atoms with Crippen LogP contribution in [0.3, 0.4) is 0 Å². The van der Waals surface area contributed by atoms with Crippen LogP contribution in [0.2, 0.25) is 0 Å². The standard InChI is InChI=1S/C33H54O13/c1-29(2,42)9-8-22(46-28-26(40)25(39)24(38)20(14-34)45-28)32(5,43)21-7-11-33(44)16-12-18(35)17-13-19(36)23(37)27(41)31(17,4)15(16)6-10-30(21,33)3/h12,15,17,19-28,34,36-44H,6-11,13-14H2,1-5H3. The molecule has 5 aliphatic rings. The number of carbonyl (C=O) groups excluding carboxylic acids is 1. The van der Waals surface area contributed by atoms with E-state index in [1.165, 1.54) is 6.08 Å². The topological polar surface area (TPSA) is 238 Å². The highest BCUT2D eigenvalue weighted by molar-refractivity contribution is 5.95. The summed E-state index contributed by atoms with van der Waals surface area (Å²) in [7, 11) is 0. The summed E-state index contributed by atoms with van der Waals surface area (Å²) < 4.78 is 11.8. The summed E-state index contributed by atoms with van der Waals surface area (Å²) in [5.74, 6) is -2.18. The zero-order valence-corrected chi connectivity index (χ0v) is 27.4. The van der Waals surface area contributed by atoms with Gasteiger partial charge in [-0.05, 0) is 89.2 Å². The van der Waals surface area contributed by atoms with Crippen LogP contribution in [-0.4, -0.2) is 135 Å². The number of aliphatic hydroxyl groups excluding tert-OH is 7. The lowest BCUT2D eigenvalue weighted by atomic mass is 9.45. The third kappa shape index (κ3) is 5.43. The van der Waals surface area contributed by atoms with Crippen LogP contribution in [0.15, 0.2) is 11.6 Å². The molecule has 46 heavy (non-hydrogen) atoms. The van der Waals surface area contributed by atoms with Gasteiger partial charge in [0.1, 0.15) is 30.5 Å². The number of aliphatic hydroxyl groups is 10. The molecule has 1 heterocycles. The zero-order valence-electron chi connectivity index (χ0n) is 27.4. The third-order valence-electron chi connectivity index (χ3n) is 12.8. The molecular formula is C33H54O13. The Morgan fingerprint density at radius 2 is 1.61 bits per heavy atom. The van der Waals surface area contributed by atoms with E-state index in [1.54, 1.807) is 27.7 Å². The minimum atomic E-state index is -1.73. The predicted molar refractivity (Wildman–Crippen MR) is 161 cm³/mol. The third-order valence-corrected chi connectivity index (χ3v) is 12.8. The molecule has 264 valence electrons. The van der Waals surface area contributed by atoms with E-state index < -0.39 is 107 Å². The second-order valence-electron chi connectivity index (χ2n) is 16.0.